The van der Waals surface area contributed by atoms with Crippen molar-refractivity contribution in [2.24, 2.45) is 0 Å². The number of aliphatic hydroxyl groups is 1. The first kappa shape index (κ1) is 14.9. The number of hydrogen-bond donors (Lipinski definition) is 2. The van der Waals surface area contributed by atoms with Gasteiger partial charge in [0.05, 0.1) is 5.60 Å². The molecule has 0 fully saturated rings. The van der Waals surface area contributed by atoms with Crippen LogP contribution < -0.4 is 0 Å². The molecule has 0 unspecified atom stereocenters. The van der Waals surface area contributed by atoms with Crippen LogP contribution in [0.25, 0.3) is 0 Å². The van der Waals surface area contributed by atoms with Gasteiger partial charge in [0, 0.05) is 25.9 Å². The number of carboxylic acids is 1. The smallest absolute Gasteiger partial charge is 0.303 e. The third-order valence-electron chi connectivity index (χ3n) is 2.09. The normalized spacial score (nSPS) is 11.2. The van der Waals surface area contributed by atoms with Crippen LogP contribution >= 0.6 is 0 Å². The fourth-order valence-electron chi connectivity index (χ4n) is 1.39. The number of aliphatic carboxylic acids is 1. The molecule has 0 heterocycles. The molecular formula is C11H21NO4. The molecule has 0 aromatic rings. The molecule has 0 radical (unpaired) electrons. The Kier molecular flexibility index (Phi) is 6.03. The lowest BCUT2D eigenvalue weighted by Crippen LogP contribution is -2.42. The van der Waals surface area contributed by atoms with Crippen molar-refractivity contribution in [1.82, 2.24) is 4.90 Å². The first-order valence-electron chi connectivity index (χ1n) is 5.48. The number of hydrogen-bond acceptors (Lipinski definition) is 3. The molecule has 0 aliphatic rings. The Balaban J connectivity index is 4.06. The molecule has 0 aliphatic carbocycles. The molecule has 5 nitrogen and oxygen atoms in total. The van der Waals surface area contributed by atoms with Gasteiger partial charge >= 0.3 is 5.97 Å². The molecule has 16 heavy (non-hydrogen) atoms. The van der Waals surface area contributed by atoms with Crippen molar-refractivity contribution in [3.05, 3.63) is 0 Å². The first-order chi connectivity index (χ1) is 7.26. The van der Waals surface area contributed by atoms with E-state index >= 15 is 0 Å². The predicted octanol–water partition coefficient (Wildman–Crippen LogP) is 0.861. The van der Waals surface area contributed by atoms with Gasteiger partial charge in [-0.25, -0.2) is 0 Å². The van der Waals surface area contributed by atoms with E-state index < -0.39 is 11.6 Å². The van der Waals surface area contributed by atoms with Gasteiger partial charge in [0.2, 0.25) is 5.91 Å². The zero-order chi connectivity index (χ0) is 12.8. The zero-order valence-electron chi connectivity index (χ0n) is 10.2. The molecule has 0 saturated heterocycles. The van der Waals surface area contributed by atoms with Crippen LogP contribution in [0.4, 0.5) is 0 Å². The molecule has 1 amide bonds. The molecule has 5 heteroatoms. The van der Waals surface area contributed by atoms with E-state index in [2.05, 4.69) is 0 Å². The van der Waals surface area contributed by atoms with Gasteiger partial charge in [0.15, 0.2) is 0 Å². The molecule has 0 aromatic carbocycles. The molecule has 0 aromatic heterocycles. The second-order valence-electron chi connectivity index (χ2n) is 4.47. The molecule has 0 saturated carbocycles. The van der Waals surface area contributed by atoms with Crippen molar-refractivity contribution >= 4 is 11.9 Å². The van der Waals surface area contributed by atoms with Crippen LogP contribution in [-0.2, 0) is 9.59 Å². The summed E-state index contributed by atoms with van der Waals surface area (Å²) >= 11 is 0. The van der Waals surface area contributed by atoms with Gasteiger partial charge in [0.25, 0.3) is 0 Å². The Labute approximate surface area is 96.1 Å². The Hall–Kier alpha value is -1.10. The van der Waals surface area contributed by atoms with E-state index in [-0.39, 0.29) is 25.3 Å². The predicted molar refractivity (Wildman–Crippen MR) is 60.0 cm³/mol. The van der Waals surface area contributed by atoms with Gasteiger partial charge in [-0.05, 0) is 27.2 Å². The zero-order valence-corrected chi connectivity index (χ0v) is 10.2. The maximum absolute atomic E-state index is 11.7. The van der Waals surface area contributed by atoms with Gasteiger partial charge < -0.3 is 15.1 Å². The average molecular weight is 231 g/mol. The maximum atomic E-state index is 11.7. The largest absolute Gasteiger partial charge is 0.481 e. The van der Waals surface area contributed by atoms with Gasteiger partial charge in [0.1, 0.15) is 0 Å². The second kappa shape index (κ2) is 6.48. The highest BCUT2D eigenvalue weighted by atomic mass is 16.4. The van der Waals surface area contributed by atoms with Crippen molar-refractivity contribution < 1.29 is 19.8 Å². The highest BCUT2D eigenvalue weighted by Gasteiger charge is 2.20. The van der Waals surface area contributed by atoms with Crippen molar-refractivity contribution in [2.75, 3.05) is 13.1 Å². The number of amides is 1. The number of rotatable bonds is 7. The van der Waals surface area contributed by atoms with Crippen molar-refractivity contribution in [1.29, 1.82) is 0 Å². The van der Waals surface area contributed by atoms with E-state index in [0.29, 0.717) is 13.0 Å². The Morgan fingerprint density at radius 3 is 2.19 bits per heavy atom. The monoisotopic (exact) mass is 231 g/mol. The van der Waals surface area contributed by atoms with Crippen molar-refractivity contribution in [2.45, 2.75) is 45.6 Å². The summed E-state index contributed by atoms with van der Waals surface area (Å²) in [5, 5.41) is 18.0. The third kappa shape index (κ3) is 7.23. The molecule has 2 N–H and O–H groups in total. The van der Waals surface area contributed by atoms with E-state index in [1.165, 1.54) is 0 Å². The number of likely N-dealkylation sites (N-methyl/N-ethyl adjacent to an activating group) is 1. The average Bonchev–Trinajstić information content (AvgIpc) is 2.11. The topological polar surface area (TPSA) is 77.8 Å². The maximum Gasteiger partial charge on any atom is 0.303 e. The summed E-state index contributed by atoms with van der Waals surface area (Å²) in [4.78, 5) is 23.5. The van der Waals surface area contributed by atoms with Crippen LogP contribution in [0.3, 0.4) is 0 Å². The van der Waals surface area contributed by atoms with Crippen LogP contribution in [-0.4, -0.2) is 45.7 Å². The third-order valence-corrected chi connectivity index (χ3v) is 2.09. The number of carboxylic acid groups (broad SMARTS) is 1. The summed E-state index contributed by atoms with van der Waals surface area (Å²) in [6, 6.07) is 0. The minimum Gasteiger partial charge on any atom is -0.481 e. The summed E-state index contributed by atoms with van der Waals surface area (Å²) in [5.74, 6) is -0.996. The summed E-state index contributed by atoms with van der Waals surface area (Å²) in [5.41, 5.74) is -0.918. The van der Waals surface area contributed by atoms with Crippen LogP contribution in [0.5, 0.6) is 0 Å². The Bertz CT molecular complexity index is 245. The number of nitrogens with zero attached hydrogens (tertiary/aromatic N) is 1. The fourth-order valence-corrected chi connectivity index (χ4v) is 1.39. The van der Waals surface area contributed by atoms with Crippen LogP contribution in [0.1, 0.15) is 40.0 Å². The lowest BCUT2D eigenvalue weighted by molar-refractivity contribution is -0.137. The molecule has 94 valence electrons. The van der Waals surface area contributed by atoms with Gasteiger partial charge in [-0.15, -0.1) is 0 Å². The highest BCUT2D eigenvalue weighted by Crippen LogP contribution is 2.08. The highest BCUT2D eigenvalue weighted by molar-refractivity contribution is 5.77. The summed E-state index contributed by atoms with van der Waals surface area (Å²) < 4.78 is 0. The Morgan fingerprint density at radius 2 is 1.81 bits per heavy atom. The first-order valence-corrected chi connectivity index (χ1v) is 5.48. The molecule has 0 rings (SSSR count). The van der Waals surface area contributed by atoms with Crippen LogP contribution in [0.15, 0.2) is 0 Å². The SMILES string of the molecule is CCN(CC(C)(C)O)C(=O)CCCC(=O)O. The minimum atomic E-state index is -0.918. The Morgan fingerprint density at radius 1 is 1.25 bits per heavy atom. The summed E-state index contributed by atoms with van der Waals surface area (Å²) in [7, 11) is 0. The molecular weight excluding hydrogens is 210 g/mol. The van der Waals surface area contributed by atoms with Crippen molar-refractivity contribution in [3.8, 4) is 0 Å². The quantitative estimate of drug-likeness (QED) is 0.681. The van der Waals surface area contributed by atoms with Crippen LogP contribution in [0, 0.1) is 0 Å². The molecule has 0 atom stereocenters. The summed E-state index contributed by atoms with van der Waals surface area (Å²) in [6.45, 7) is 5.91. The second-order valence-corrected chi connectivity index (χ2v) is 4.47. The molecule has 0 aliphatic heterocycles. The van der Waals surface area contributed by atoms with Gasteiger partial charge in [-0.3, -0.25) is 9.59 Å². The lowest BCUT2D eigenvalue weighted by atomic mass is 10.1. The van der Waals surface area contributed by atoms with Gasteiger partial charge in [-0.2, -0.15) is 0 Å². The van der Waals surface area contributed by atoms with Crippen molar-refractivity contribution in [3.63, 3.8) is 0 Å². The standard InChI is InChI=1S/C11H21NO4/c1-4-12(8-11(2,3)16)9(13)6-5-7-10(14)15/h16H,4-8H2,1-3H3,(H,14,15). The van der Waals surface area contributed by atoms with Gasteiger partial charge in [-0.1, -0.05) is 0 Å². The van der Waals surface area contributed by atoms with E-state index in [0.717, 1.165) is 0 Å². The fraction of sp³-hybridized carbons (Fsp3) is 0.818. The number of carbonyl (C=O) groups is 2. The molecule has 0 spiro atoms. The minimum absolute atomic E-state index is 0.00577. The van der Waals surface area contributed by atoms with E-state index in [1.54, 1.807) is 18.7 Å². The number of carbonyl (C=O) groups excluding carboxylic acids is 1. The van der Waals surface area contributed by atoms with E-state index in [1.807, 2.05) is 6.92 Å². The lowest BCUT2D eigenvalue weighted by Gasteiger charge is -2.28. The van der Waals surface area contributed by atoms with E-state index in [4.69, 9.17) is 5.11 Å². The van der Waals surface area contributed by atoms with Crippen LogP contribution in [0.2, 0.25) is 0 Å². The molecule has 0 bridgehead atoms. The van der Waals surface area contributed by atoms with E-state index in [9.17, 15) is 14.7 Å². The summed E-state index contributed by atoms with van der Waals surface area (Å²) in [6.07, 6.45) is 0.568.